The van der Waals surface area contributed by atoms with Gasteiger partial charge in [0.1, 0.15) is 5.78 Å². The number of rotatable bonds is 4. The molecule has 2 heteroatoms. The Morgan fingerprint density at radius 2 is 1.79 bits per heavy atom. The summed E-state index contributed by atoms with van der Waals surface area (Å²) in [6.45, 7) is 5.84. The van der Waals surface area contributed by atoms with Crippen LogP contribution in [0.15, 0.2) is 35.2 Å². The lowest BCUT2D eigenvalue weighted by molar-refractivity contribution is -0.117. The summed E-state index contributed by atoms with van der Waals surface area (Å²) < 4.78 is 0. The van der Waals surface area contributed by atoms with Crippen molar-refractivity contribution in [2.75, 3.05) is 0 Å². The fourth-order valence-corrected chi connectivity index (χ4v) is 2.38. The van der Waals surface area contributed by atoms with E-state index in [1.54, 1.807) is 18.7 Å². The van der Waals surface area contributed by atoms with Gasteiger partial charge in [0, 0.05) is 4.90 Å². The van der Waals surface area contributed by atoms with Crippen LogP contribution in [0.4, 0.5) is 0 Å². The van der Waals surface area contributed by atoms with Crippen LogP contribution >= 0.6 is 11.8 Å². The van der Waals surface area contributed by atoms with Crippen LogP contribution in [-0.2, 0) is 4.79 Å². The molecule has 0 unspecified atom stereocenters. The topological polar surface area (TPSA) is 17.1 Å². The van der Waals surface area contributed by atoms with Gasteiger partial charge in [-0.1, -0.05) is 32.0 Å². The highest BCUT2D eigenvalue weighted by molar-refractivity contribution is 8.00. The molecule has 0 saturated carbocycles. The van der Waals surface area contributed by atoms with Crippen molar-refractivity contribution in [2.45, 2.75) is 30.9 Å². The number of carbonyl (C=O) groups is 1. The molecular formula is C12H16OS. The molecule has 0 heterocycles. The Kier molecular flexibility index (Phi) is 4.21. The first kappa shape index (κ1) is 11.3. The van der Waals surface area contributed by atoms with Crippen LogP contribution in [0.25, 0.3) is 0 Å². The van der Waals surface area contributed by atoms with Crippen molar-refractivity contribution in [3.05, 3.63) is 30.3 Å². The Morgan fingerprint density at radius 1 is 1.21 bits per heavy atom. The summed E-state index contributed by atoms with van der Waals surface area (Å²) >= 11 is 1.66. The number of carbonyl (C=O) groups excluding carboxylic acids is 1. The third-order valence-corrected chi connectivity index (χ3v) is 3.69. The van der Waals surface area contributed by atoms with Crippen molar-refractivity contribution in [3.63, 3.8) is 0 Å². The molecule has 0 amide bonds. The molecular weight excluding hydrogens is 192 g/mol. The Bertz CT molecular complexity index is 292. The summed E-state index contributed by atoms with van der Waals surface area (Å²) in [4.78, 5) is 12.5. The van der Waals surface area contributed by atoms with E-state index in [0.717, 1.165) is 0 Å². The van der Waals surface area contributed by atoms with Crippen LogP contribution in [-0.4, -0.2) is 11.0 Å². The minimum atomic E-state index is 0.0809. The van der Waals surface area contributed by atoms with Crippen molar-refractivity contribution >= 4 is 17.5 Å². The summed E-state index contributed by atoms with van der Waals surface area (Å²) in [5.41, 5.74) is 0. The van der Waals surface area contributed by atoms with Crippen LogP contribution in [0.3, 0.4) is 0 Å². The fourth-order valence-electron chi connectivity index (χ4n) is 1.33. The van der Waals surface area contributed by atoms with E-state index >= 15 is 0 Å². The van der Waals surface area contributed by atoms with Crippen molar-refractivity contribution < 1.29 is 4.79 Å². The van der Waals surface area contributed by atoms with E-state index in [4.69, 9.17) is 0 Å². The minimum absolute atomic E-state index is 0.0809. The lowest BCUT2D eigenvalue weighted by atomic mass is 10.1. The highest BCUT2D eigenvalue weighted by atomic mass is 32.2. The van der Waals surface area contributed by atoms with E-state index < -0.39 is 0 Å². The van der Waals surface area contributed by atoms with Gasteiger partial charge in [-0.05, 0) is 25.0 Å². The van der Waals surface area contributed by atoms with Gasteiger partial charge in [-0.25, -0.2) is 0 Å². The average Bonchev–Trinajstić information content (AvgIpc) is 2.15. The van der Waals surface area contributed by atoms with Crippen molar-refractivity contribution in [1.29, 1.82) is 0 Å². The van der Waals surface area contributed by atoms with E-state index in [0.29, 0.717) is 5.92 Å². The average molecular weight is 208 g/mol. The second-order valence-corrected chi connectivity index (χ2v) is 4.92. The predicted octanol–water partition coefficient (Wildman–Crippen LogP) is 3.39. The van der Waals surface area contributed by atoms with Crippen molar-refractivity contribution in [3.8, 4) is 0 Å². The number of benzene rings is 1. The van der Waals surface area contributed by atoms with Crippen LogP contribution in [0.5, 0.6) is 0 Å². The van der Waals surface area contributed by atoms with Gasteiger partial charge in [-0.3, -0.25) is 4.79 Å². The molecule has 1 nitrogen and oxygen atoms in total. The van der Waals surface area contributed by atoms with Crippen LogP contribution in [0.2, 0.25) is 0 Å². The molecule has 76 valence electrons. The molecule has 0 aromatic heterocycles. The third-order valence-electron chi connectivity index (χ3n) is 2.01. The Labute approximate surface area is 89.9 Å². The molecule has 14 heavy (non-hydrogen) atoms. The maximum Gasteiger partial charge on any atom is 0.143 e. The van der Waals surface area contributed by atoms with E-state index in [-0.39, 0.29) is 11.0 Å². The molecule has 0 aliphatic heterocycles. The zero-order valence-corrected chi connectivity index (χ0v) is 9.67. The molecule has 1 rings (SSSR count). The molecule has 1 atom stereocenters. The Balaban J connectivity index is 2.70. The highest BCUT2D eigenvalue weighted by Crippen LogP contribution is 2.28. The standard InChI is InChI=1S/C12H16OS/c1-9(2)12(10(3)13)14-11-7-5-4-6-8-11/h4-9,12H,1-3H3/t12-/m0/s1. The van der Waals surface area contributed by atoms with E-state index in [2.05, 4.69) is 13.8 Å². The molecule has 0 aliphatic rings. The number of ketones is 1. The first-order chi connectivity index (χ1) is 6.61. The van der Waals surface area contributed by atoms with Gasteiger partial charge >= 0.3 is 0 Å². The molecule has 0 N–H and O–H groups in total. The van der Waals surface area contributed by atoms with Gasteiger partial charge in [0.15, 0.2) is 0 Å². The van der Waals surface area contributed by atoms with Crippen molar-refractivity contribution in [1.82, 2.24) is 0 Å². The van der Waals surface area contributed by atoms with E-state index in [1.807, 2.05) is 30.3 Å². The predicted molar refractivity (Wildman–Crippen MR) is 61.6 cm³/mol. The normalized spacial score (nSPS) is 12.9. The largest absolute Gasteiger partial charge is 0.299 e. The summed E-state index contributed by atoms with van der Waals surface area (Å²) in [6.07, 6.45) is 0. The lowest BCUT2D eigenvalue weighted by Crippen LogP contribution is -2.19. The molecule has 0 saturated heterocycles. The monoisotopic (exact) mass is 208 g/mol. The zero-order chi connectivity index (χ0) is 10.6. The van der Waals surface area contributed by atoms with Gasteiger partial charge in [0.2, 0.25) is 0 Å². The van der Waals surface area contributed by atoms with Crippen LogP contribution in [0.1, 0.15) is 20.8 Å². The summed E-state index contributed by atoms with van der Waals surface area (Å²) in [5, 5.41) is 0.0809. The quantitative estimate of drug-likeness (QED) is 0.705. The first-order valence-corrected chi connectivity index (χ1v) is 5.71. The van der Waals surface area contributed by atoms with Gasteiger partial charge in [-0.15, -0.1) is 11.8 Å². The smallest absolute Gasteiger partial charge is 0.143 e. The molecule has 0 aliphatic carbocycles. The number of Topliss-reactive ketones (excluding diaryl/α,β-unsaturated/α-hetero) is 1. The van der Waals surface area contributed by atoms with E-state index in [1.165, 1.54) is 4.90 Å². The molecule has 0 fully saturated rings. The zero-order valence-electron chi connectivity index (χ0n) is 8.86. The van der Waals surface area contributed by atoms with E-state index in [9.17, 15) is 4.79 Å². The van der Waals surface area contributed by atoms with Gasteiger partial charge in [-0.2, -0.15) is 0 Å². The first-order valence-electron chi connectivity index (χ1n) is 4.83. The molecule has 0 spiro atoms. The van der Waals surface area contributed by atoms with Gasteiger partial charge in [0.05, 0.1) is 5.25 Å². The Morgan fingerprint density at radius 3 is 2.21 bits per heavy atom. The Hall–Kier alpha value is -0.760. The number of thioether (sulfide) groups is 1. The minimum Gasteiger partial charge on any atom is -0.299 e. The fraction of sp³-hybridized carbons (Fsp3) is 0.417. The van der Waals surface area contributed by atoms with Crippen LogP contribution < -0.4 is 0 Å². The molecule has 1 aromatic rings. The van der Waals surface area contributed by atoms with Gasteiger partial charge < -0.3 is 0 Å². The summed E-state index contributed by atoms with van der Waals surface area (Å²) in [7, 11) is 0. The second-order valence-electron chi connectivity index (χ2n) is 3.71. The molecule has 0 bridgehead atoms. The molecule has 0 radical (unpaired) electrons. The molecule has 1 aromatic carbocycles. The maximum absolute atomic E-state index is 11.4. The summed E-state index contributed by atoms with van der Waals surface area (Å²) in [6, 6.07) is 10.1. The number of hydrogen-bond donors (Lipinski definition) is 0. The SMILES string of the molecule is CC(=O)[C@@H](Sc1ccccc1)C(C)C. The lowest BCUT2D eigenvalue weighted by Gasteiger charge is -2.16. The number of hydrogen-bond acceptors (Lipinski definition) is 2. The second kappa shape index (κ2) is 5.20. The third kappa shape index (κ3) is 3.18. The maximum atomic E-state index is 11.4. The van der Waals surface area contributed by atoms with Crippen LogP contribution in [0, 0.1) is 5.92 Å². The van der Waals surface area contributed by atoms with Crippen molar-refractivity contribution in [2.24, 2.45) is 5.92 Å². The van der Waals surface area contributed by atoms with Gasteiger partial charge in [0.25, 0.3) is 0 Å². The summed E-state index contributed by atoms with van der Waals surface area (Å²) in [5.74, 6) is 0.645. The highest BCUT2D eigenvalue weighted by Gasteiger charge is 2.19.